The summed E-state index contributed by atoms with van der Waals surface area (Å²) in [6.07, 6.45) is 7.13. The predicted molar refractivity (Wildman–Crippen MR) is 67.7 cm³/mol. The minimum Gasteiger partial charge on any atom is -0.310 e. The molecule has 17 heavy (non-hydrogen) atoms. The van der Waals surface area contributed by atoms with E-state index in [4.69, 9.17) is 0 Å². The Morgan fingerprint density at radius 2 is 1.65 bits per heavy atom. The first kappa shape index (κ1) is 14.0. The van der Waals surface area contributed by atoms with Gasteiger partial charge in [0, 0.05) is 6.54 Å². The molecule has 0 atom stereocenters. The van der Waals surface area contributed by atoms with E-state index in [1.807, 2.05) is 0 Å². The van der Waals surface area contributed by atoms with Crippen molar-refractivity contribution in [2.24, 2.45) is 0 Å². The van der Waals surface area contributed by atoms with Crippen LogP contribution in [0, 0.1) is 0 Å². The van der Waals surface area contributed by atoms with Crippen molar-refractivity contribution in [3.8, 4) is 0 Å². The zero-order valence-corrected chi connectivity index (χ0v) is 11.2. The van der Waals surface area contributed by atoms with Crippen molar-refractivity contribution in [1.82, 2.24) is 10.2 Å². The van der Waals surface area contributed by atoms with Crippen LogP contribution in [0.1, 0.15) is 59.3 Å². The second-order valence-electron chi connectivity index (χ2n) is 5.24. The molecule has 0 aliphatic carbocycles. The first-order valence-corrected chi connectivity index (χ1v) is 6.63. The maximum absolute atomic E-state index is 11.6. The van der Waals surface area contributed by atoms with Crippen molar-refractivity contribution < 1.29 is 9.59 Å². The molecule has 98 valence electrons. The maximum atomic E-state index is 11.6. The number of hydrogen-bond donors (Lipinski definition) is 1. The predicted octanol–water partition coefficient (Wildman–Crippen LogP) is 2.68. The van der Waals surface area contributed by atoms with Crippen molar-refractivity contribution >= 4 is 11.9 Å². The number of rotatable bonds is 7. The Morgan fingerprint density at radius 3 is 2.18 bits per heavy atom. The third kappa shape index (κ3) is 3.45. The van der Waals surface area contributed by atoms with E-state index in [9.17, 15) is 9.59 Å². The van der Waals surface area contributed by atoms with E-state index in [1.54, 1.807) is 18.7 Å². The van der Waals surface area contributed by atoms with Gasteiger partial charge in [-0.15, -0.1) is 0 Å². The molecule has 0 aromatic heterocycles. The van der Waals surface area contributed by atoms with Crippen LogP contribution in [0.5, 0.6) is 0 Å². The smallest absolute Gasteiger partial charge is 0.310 e. The monoisotopic (exact) mass is 240 g/mol. The molecule has 3 amide bonds. The first-order valence-electron chi connectivity index (χ1n) is 6.63. The van der Waals surface area contributed by atoms with Gasteiger partial charge in [0.25, 0.3) is 5.91 Å². The van der Waals surface area contributed by atoms with Gasteiger partial charge in [-0.1, -0.05) is 39.0 Å². The van der Waals surface area contributed by atoms with E-state index in [1.165, 1.54) is 25.7 Å². The van der Waals surface area contributed by atoms with Crippen LogP contribution in [0.3, 0.4) is 0 Å². The highest BCUT2D eigenvalue weighted by Gasteiger charge is 2.44. The lowest BCUT2D eigenvalue weighted by molar-refractivity contribution is -0.125. The lowest BCUT2D eigenvalue weighted by Crippen LogP contribution is -2.44. The minimum atomic E-state index is -0.680. The molecule has 1 heterocycles. The largest absolute Gasteiger partial charge is 0.324 e. The van der Waals surface area contributed by atoms with Crippen LogP contribution in [-0.4, -0.2) is 28.9 Å². The quantitative estimate of drug-likeness (QED) is 0.549. The summed E-state index contributed by atoms with van der Waals surface area (Å²) < 4.78 is 0. The fourth-order valence-electron chi connectivity index (χ4n) is 2.13. The number of nitrogens with zero attached hydrogens (tertiary/aromatic N) is 1. The fourth-order valence-corrected chi connectivity index (χ4v) is 2.13. The summed E-state index contributed by atoms with van der Waals surface area (Å²) in [6, 6.07) is -0.242. The second kappa shape index (κ2) is 6.03. The van der Waals surface area contributed by atoms with E-state index >= 15 is 0 Å². The van der Waals surface area contributed by atoms with Crippen LogP contribution in [0.2, 0.25) is 0 Å². The van der Waals surface area contributed by atoms with Gasteiger partial charge in [-0.3, -0.25) is 10.1 Å². The van der Waals surface area contributed by atoms with Gasteiger partial charge in [0.2, 0.25) is 0 Å². The van der Waals surface area contributed by atoms with Gasteiger partial charge < -0.3 is 4.90 Å². The van der Waals surface area contributed by atoms with Crippen LogP contribution in [-0.2, 0) is 4.79 Å². The Kier molecular flexibility index (Phi) is 4.97. The van der Waals surface area contributed by atoms with E-state index in [0.717, 1.165) is 12.8 Å². The molecule has 4 heteroatoms. The summed E-state index contributed by atoms with van der Waals surface area (Å²) in [7, 11) is 0. The number of unbranched alkanes of at least 4 members (excludes halogenated alkanes) is 5. The highest BCUT2D eigenvalue weighted by molar-refractivity contribution is 6.06. The van der Waals surface area contributed by atoms with Crippen molar-refractivity contribution in [3.05, 3.63) is 0 Å². The number of nitrogens with one attached hydrogen (secondary N) is 1. The molecule has 0 aromatic rings. The van der Waals surface area contributed by atoms with Crippen LogP contribution in [0.15, 0.2) is 0 Å². The number of urea groups is 1. The normalized spacial score (nSPS) is 18.6. The van der Waals surface area contributed by atoms with E-state index in [0.29, 0.717) is 6.54 Å². The maximum Gasteiger partial charge on any atom is 0.324 e. The lowest BCUT2D eigenvalue weighted by atomic mass is 10.0. The molecule has 0 spiro atoms. The van der Waals surface area contributed by atoms with Gasteiger partial charge in [-0.25, -0.2) is 4.79 Å². The third-order valence-corrected chi connectivity index (χ3v) is 3.43. The number of amides is 3. The zero-order chi connectivity index (χ0) is 12.9. The molecule has 1 N–H and O–H groups in total. The summed E-state index contributed by atoms with van der Waals surface area (Å²) in [5.41, 5.74) is -0.680. The number of imide groups is 1. The van der Waals surface area contributed by atoms with E-state index < -0.39 is 5.54 Å². The van der Waals surface area contributed by atoms with Crippen molar-refractivity contribution in [1.29, 1.82) is 0 Å². The molecular weight excluding hydrogens is 216 g/mol. The number of carbonyl (C=O) groups excluding carboxylic acids is 2. The molecule has 4 nitrogen and oxygen atoms in total. The third-order valence-electron chi connectivity index (χ3n) is 3.43. The molecule has 1 rings (SSSR count). The SMILES string of the molecule is CCCCCCCCN1C(=O)NC(=O)C1(C)C. The van der Waals surface area contributed by atoms with Crippen molar-refractivity contribution in [3.63, 3.8) is 0 Å². The summed E-state index contributed by atoms with van der Waals surface area (Å²) in [4.78, 5) is 24.7. The van der Waals surface area contributed by atoms with Crippen LogP contribution in [0.4, 0.5) is 4.79 Å². The van der Waals surface area contributed by atoms with Gasteiger partial charge >= 0.3 is 6.03 Å². The van der Waals surface area contributed by atoms with Gasteiger partial charge in [0.15, 0.2) is 0 Å². The number of hydrogen-bond acceptors (Lipinski definition) is 2. The minimum absolute atomic E-state index is 0.187. The Balaban J connectivity index is 2.27. The van der Waals surface area contributed by atoms with E-state index in [2.05, 4.69) is 12.2 Å². The lowest BCUT2D eigenvalue weighted by Gasteiger charge is -2.27. The number of carbonyl (C=O) groups is 2. The Labute approximate surface area is 104 Å². The summed E-state index contributed by atoms with van der Waals surface area (Å²) in [6.45, 7) is 6.47. The highest BCUT2D eigenvalue weighted by Crippen LogP contribution is 2.21. The molecule has 0 saturated carbocycles. The summed E-state index contributed by atoms with van der Waals surface area (Å²) >= 11 is 0. The van der Waals surface area contributed by atoms with Gasteiger partial charge in [-0.05, 0) is 20.3 Å². The second-order valence-corrected chi connectivity index (χ2v) is 5.24. The molecule has 1 fully saturated rings. The van der Waals surface area contributed by atoms with Crippen LogP contribution in [0.25, 0.3) is 0 Å². The zero-order valence-electron chi connectivity index (χ0n) is 11.2. The molecular formula is C13H24N2O2. The highest BCUT2D eigenvalue weighted by atomic mass is 16.2. The van der Waals surface area contributed by atoms with Gasteiger partial charge in [-0.2, -0.15) is 0 Å². The summed E-state index contributed by atoms with van der Waals surface area (Å²) in [5, 5.41) is 2.37. The standard InChI is InChI=1S/C13H24N2O2/c1-4-5-6-7-8-9-10-15-12(17)14-11(16)13(15,2)3/h4-10H2,1-3H3,(H,14,16,17). The Hall–Kier alpha value is -1.06. The first-order chi connectivity index (χ1) is 8.00. The molecule has 0 bridgehead atoms. The molecule has 0 unspecified atom stereocenters. The molecule has 1 aliphatic rings. The molecule has 0 aromatic carbocycles. The van der Waals surface area contributed by atoms with Crippen LogP contribution < -0.4 is 5.32 Å². The Bertz CT molecular complexity index is 287. The average Bonchev–Trinajstić information content (AvgIpc) is 2.45. The topological polar surface area (TPSA) is 49.4 Å². The molecule has 1 saturated heterocycles. The van der Waals surface area contributed by atoms with Crippen LogP contribution >= 0.6 is 0 Å². The van der Waals surface area contributed by atoms with Gasteiger partial charge in [0.1, 0.15) is 5.54 Å². The van der Waals surface area contributed by atoms with Gasteiger partial charge in [0.05, 0.1) is 0 Å². The fraction of sp³-hybridized carbons (Fsp3) is 0.846. The van der Waals surface area contributed by atoms with E-state index in [-0.39, 0.29) is 11.9 Å². The summed E-state index contributed by atoms with van der Waals surface area (Å²) in [5.74, 6) is -0.187. The molecule has 1 aliphatic heterocycles. The molecule has 0 radical (unpaired) electrons. The van der Waals surface area contributed by atoms with Crippen molar-refractivity contribution in [2.75, 3.05) is 6.54 Å². The average molecular weight is 240 g/mol. The van der Waals surface area contributed by atoms with Crippen molar-refractivity contribution in [2.45, 2.75) is 64.8 Å². The Morgan fingerprint density at radius 1 is 1.06 bits per heavy atom.